The van der Waals surface area contributed by atoms with Gasteiger partial charge in [-0.25, -0.2) is 0 Å². The number of hydrogen-bond donors (Lipinski definition) is 1. The number of nitrogens with one attached hydrogen (secondary N) is 1. The highest BCUT2D eigenvalue weighted by Crippen LogP contribution is 2.67. The fraction of sp³-hybridized carbons (Fsp3) is 0.917. The third kappa shape index (κ3) is 2.75. The second kappa shape index (κ2) is 6.39. The summed E-state index contributed by atoms with van der Waals surface area (Å²) in [6, 6.07) is 1.42. The molecule has 0 spiro atoms. The van der Waals surface area contributed by atoms with Crippen LogP contribution in [0, 0.1) is 34.5 Å². The number of fused-ring (bicyclic) bond motifs is 5. The average molecular weight is 346 g/mol. The fourth-order valence-corrected chi connectivity index (χ4v) is 8.20. The summed E-state index contributed by atoms with van der Waals surface area (Å²) in [6.45, 7) is 12.2. The first-order valence-corrected chi connectivity index (χ1v) is 11.3. The molecule has 0 bridgehead atoms. The summed E-state index contributed by atoms with van der Waals surface area (Å²) in [4.78, 5) is 0. The van der Waals surface area contributed by atoms with E-state index in [0.717, 1.165) is 29.7 Å². The lowest BCUT2D eigenvalue weighted by molar-refractivity contribution is -0.102. The summed E-state index contributed by atoms with van der Waals surface area (Å²) in [7, 11) is 0. The molecule has 1 N–H and O–H groups in total. The quantitative estimate of drug-likeness (QED) is 0.557. The summed E-state index contributed by atoms with van der Waals surface area (Å²) in [5.41, 5.74) is 2.99. The number of rotatable bonds is 2. The van der Waals surface area contributed by atoms with Gasteiger partial charge in [0.05, 0.1) is 0 Å². The maximum absolute atomic E-state index is 3.85. The van der Waals surface area contributed by atoms with Gasteiger partial charge >= 0.3 is 0 Å². The van der Waals surface area contributed by atoms with Crippen molar-refractivity contribution in [3.05, 3.63) is 11.6 Å². The Morgan fingerprint density at radius 3 is 2.56 bits per heavy atom. The third-order valence-corrected chi connectivity index (χ3v) is 9.43. The zero-order valence-electron chi connectivity index (χ0n) is 17.4. The van der Waals surface area contributed by atoms with E-state index < -0.39 is 0 Å². The van der Waals surface area contributed by atoms with Crippen LogP contribution in [-0.4, -0.2) is 12.1 Å². The van der Waals surface area contributed by atoms with Crippen LogP contribution in [0.3, 0.4) is 0 Å². The minimum absolute atomic E-state index is 0. The smallest absolute Gasteiger partial charge is 0.00724 e. The van der Waals surface area contributed by atoms with Crippen molar-refractivity contribution in [3.8, 4) is 0 Å². The van der Waals surface area contributed by atoms with Crippen LogP contribution in [0.15, 0.2) is 11.6 Å². The second-order valence-corrected chi connectivity index (χ2v) is 10.8. The summed E-state index contributed by atoms with van der Waals surface area (Å²) in [5, 5.41) is 3.85. The molecular weight excluding hydrogens is 302 g/mol. The first kappa shape index (κ1) is 18.1. The Morgan fingerprint density at radius 2 is 1.84 bits per heavy atom. The molecule has 0 aromatic heterocycles. The van der Waals surface area contributed by atoms with Crippen molar-refractivity contribution in [2.45, 2.75) is 104 Å². The molecule has 1 heteroatoms. The maximum Gasteiger partial charge on any atom is 0.00724 e. The van der Waals surface area contributed by atoms with Crippen molar-refractivity contribution in [1.82, 2.24) is 5.32 Å². The van der Waals surface area contributed by atoms with Crippen molar-refractivity contribution in [1.29, 1.82) is 0 Å². The Bertz CT molecular complexity index is 540. The lowest BCUT2D eigenvalue weighted by atomic mass is 9.45. The Balaban J connectivity index is 0.00000196. The SMILES string of the molecule is C/C=C1/CCC2C3CCC4C[C@@H](NC(C)C)CC[C@]4(C)C3CC[C@]12C.[HH]. The number of allylic oxidation sites excluding steroid dienone is 2. The van der Waals surface area contributed by atoms with Gasteiger partial charge in [0.15, 0.2) is 0 Å². The zero-order valence-corrected chi connectivity index (χ0v) is 17.4. The van der Waals surface area contributed by atoms with Crippen molar-refractivity contribution in [2.75, 3.05) is 0 Å². The summed E-state index contributed by atoms with van der Waals surface area (Å²) in [5.74, 6) is 4.00. The van der Waals surface area contributed by atoms with Crippen LogP contribution in [0.5, 0.6) is 0 Å². The average Bonchev–Trinajstić information content (AvgIpc) is 2.91. The van der Waals surface area contributed by atoms with E-state index in [9.17, 15) is 0 Å². The van der Waals surface area contributed by atoms with Crippen LogP contribution in [0.4, 0.5) is 0 Å². The van der Waals surface area contributed by atoms with Crippen molar-refractivity contribution >= 4 is 0 Å². The molecule has 1 nitrogen and oxygen atoms in total. The molecule has 0 aliphatic heterocycles. The molecule has 0 amide bonds. The predicted octanol–water partition coefficient (Wildman–Crippen LogP) is 6.59. The number of hydrogen-bond acceptors (Lipinski definition) is 1. The first-order chi connectivity index (χ1) is 11.9. The molecule has 0 heterocycles. The van der Waals surface area contributed by atoms with Crippen LogP contribution in [0.2, 0.25) is 0 Å². The van der Waals surface area contributed by atoms with Gasteiger partial charge in [0.1, 0.15) is 0 Å². The Kier molecular flexibility index (Phi) is 4.63. The van der Waals surface area contributed by atoms with Crippen LogP contribution in [-0.2, 0) is 0 Å². The van der Waals surface area contributed by atoms with Crippen molar-refractivity contribution < 1.29 is 1.43 Å². The Hall–Kier alpha value is -0.300. The summed E-state index contributed by atoms with van der Waals surface area (Å²) < 4.78 is 0. The van der Waals surface area contributed by atoms with Crippen LogP contribution < -0.4 is 5.32 Å². The van der Waals surface area contributed by atoms with Crippen molar-refractivity contribution in [3.63, 3.8) is 0 Å². The van der Waals surface area contributed by atoms with Gasteiger partial charge in [0, 0.05) is 13.5 Å². The lowest BCUT2D eigenvalue weighted by Gasteiger charge is -2.61. The van der Waals surface area contributed by atoms with Crippen LogP contribution in [0.25, 0.3) is 0 Å². The molecule has 0 saturated heterocycles. The molecule has 4 rings (SSSR count). The monoisotopic (exact) mass is 345 g/mol. The van der Waals surface area contributed by atoms with E-state index in [1.54, 1.807) is 5.57 Å². The molecule has 0 radical (unpaired) electrons. The Labute approximate surface area is 157 Å². The highest BCUT2D eigenvalue weighted by Gasteiger charge is 2.58. The first-order valence-electron chi connectivity index (χ1n) is 11.3. The third-order valence-electron chi connectivity index (χ3n) is 9.43. The minimum atomic E-state index is 0. The van der Waals surface area contributed by atoms with Gasteiger partial charge in [-0.1, -0.05) is 39.3 Å². The van der Waals surface area contributed by atoms with Gasteiger partial charge in [-0.15, -0.1) is 0 Å². The molecule has 144 valence electrons. The highest BCUT2D eigenvalue weighted by atomic mass is 14.9. The molecule has 7 atom stereocenters. The molecule has 4 saturated carbocycles. The van der Waals surface area contributed by atoms with Crippen LogP contribution >= 0.6 is 0 Å². The van der Waals surface area contributed by atoms with Gasteiger partial charge in [0.25, 0.3) is 0 Å². The molecular formula is C24H43N. The van der Waals surface area contributed by atoms with Gasteiger partial charge in [-0.2, -0.15) is 0 Å². The van der Waals surface area contributed by atoms with E-state index in [1.807, 2.05) is 0 Å². The Morgan fingerprint density at radius 1 is 1.04 bits per heavy atom. The van der Waals surface area contributed by atoms with E-state index in [1.165, 1.54) is 57.8 Å². The molecule has 4 fully saturated rings. The maximum atomic E-state index is 3.85. The van der Waals surface area contributed by atoms with E-state index in [4.69, 9.17) is 0 Å². The molecule has 0 aromatic carbocycles. The topological polar surface area (TPSA) is 12.0 Å². The highest BCUT2D eigenvalue weighted by molar-refractivity contribution is 5.23. The fourth-order valence-electron chi connectivity index (χ4n) is 8.20. The van der Waals surface area contributed by atoms with E-state index in [0.29, 0.717) is 16.9 Å². The second-order valence-electron chi connectivity index (χ2n) is 10.8. The van der Waals surface area contributed by atoms with E-state index >= 15 is 0 Å². The normalized spacial score (nSPS) is 51.3. The summed E-state index contributed by atoms with van der Waals surface area (Å²) >= 11 is 0. The zero-order chi connectivity index (χ0) is 17.8. The largest absolute Gasteiger partial charge is 0.312 e. The summed E-state index contributed by atoms with van der Waals surface area (Å²) in [6.07, 6.45) is 15.7. The van der Waals surface area contributed by atoms with E-state index in [2.05, 4.69) is 46.0 Å². The minimum Gasteiger partial charge on any atom is -0.312 e. The van der Waals surface area contributed by atoms with Gasteiger partial charge in [-0.05, 0) is 99.2 Å². The van der Waals surface area contributed by atoms with Crippen LogP contribution in [0.1, 0.15) is 93.8 Å². The lowest BCUT2D eigenvalue weighted by Crippen LogP contribution is -2.55. The van der Waals surface area contributed by atoms with E-state index in [-0.39, 0.29) is 1.43 Å². The van der Waals surface area contributed by atoms with Gasteiger partial charge in [-0.3, -0.25) is 0 Å². The molecule has 0 aromatic rings. The molecule has 4 aliphatic carbocycles. The predicted molar refractivity (Wildman–Crippen MR) is 110 cm³/mol. The molecule has 25 heavy (non-hydrogen) atoms. The van der Waals surface area contributed by atoms with Crippen molar-refractivity contribution in [2.24, 2.45) is 34.5 Å². The standard InChI is InChI=1S/C24H41N.H2/c1-6-17-8-10-21-20-9-7-18-15-19(25-16(2)3)11-13-24(18,5)22(20)12-14-23(17,21)4;/h6,16,18-22,25H,7-15H2,1-5H3;1H/b17-6-;/t18?,19-,20?,21?,22?,23+,24-;/m0./s1. The molecule has 4 aliphatic rings. The van der Waals surface area contributed by atoms with Gasteiger partial charge in [0.2, 0.25) is 0 Å². The molecule has 4 unspecified atom stereocenters. The van der Waals surface area contributed by atoms with Gasteiger partial charge < -0.3 is 5.32 Å².